The van der Waals surface area contributed by atoms with E-state index in [1.165, 1.54) is 30.1 Å². The van der Waals surface area contributed by atoms with Gasteiger partial charge in [-0.15, -0.1) is 0 Å². The second-order valence-corrected chi connectivity index (χ2v) is 5.45. The molecule has 0 aromatic carbocycles. The van der Waals surface area contributed by atoms with Gasteiger partial charge in [0, 0.05) is 37.7 Å². The summed E-state index contributed by atoms with van der Waals surface area (Å²) in [6.45, 7) is 3.85. The van der Waals surface area contributed by atoms with E-state index in [-0.39, 0.29) is 0 Å². The molecule has 1 aromatic rings. The summed E-state index contributed by atoms with van der Waals surface area (Å²) in [5.41, 5.74) is 2.78. The van der Waals surface area contributed by atoms with Crippen molar-refractivity contribution in [3.63, 3.8) is 0 Å². The molecule has 0 spiro atoms. The smallest absolute Gasteiger partial charge is 0.112 e. The molecule has 0 amide bonds. The fourth-order valence-electron chi connectivity index (χ4n) is 3.12. The van der Waals surface area contributed by atoms with Gasteiger partial charge in [0.1, 0.15) is 5.82 Å². The first-order chi connectivity index (χ1) is 8.43. The lowest BCUT2D eigenvalue weighted by Crippen LogP contribution is -2.26. The minimum absolute atomic E-state index is 0.556. The quantitative estimate of drug-likeness (QED) is 0.838. The highest BCUT2D eigenvalue weighted by Gasteiger charge is 2.34. The summed E-state index contributed by atoms with van der Waals surface area (Å²) in [4.78, 5) is 4.90. The molecule has 2 fully saturated rings. The predicted octanol–water partition coefficient (Wildman–Crippen LogP) is 1.37. The Morgan fingerprint density at radius 2 is 2.24 bits per heavy atom. The highest BCUT2D eigenvalue weighted by molar-refractivity contribution is 5.25. The van der Waals surface area contributed by atoms with Gasteiger partial charge in [0.2, 0.25) is 0 Å². The van der Waals surface area contributed by atoms with Crippen LogP contribution in [-0.4, -0.2) is 29.3 Å². The van der Waals surface area contributed by atoms with Crippen LogP contribution in [0.2, 0.25) is 0 Å². The fourth-order valence-corrected chi connectivity index (χ4v) is 3.12. The monoisotopic (exact) mass is 233 g/mol. The lowest BCUT2D eigenvalue weighted by molar-refractivity contribution is 0.185. The number of hydrogen-bond acceptors (Lipinski definition) is 3. The first-order valence-electron chi connectivity index (χ1n) is 6.82. The Kier molecular flexibility index (Phi) is 2.27. The maximum atomic E-state index is 5.56. The molecule has 17 heavy (non-hydrogen) atoms. The Labute approximate surface area is 101 Å². The van der Waals surface area contributed by atoms with E-state index in [1.54, 1.807) is 0 Å². The zero-order chi connectivity index (χ0) is 11.2. The molecule has 3 heterocycles. The second kappa shape index (κ2) is 3.82. The third-order valence-electron chi connectivity index (χ3n) is 4.16. The van der Waals surface area contributed by atoms with Crippen LogP contribution in [0.5, 0.6) is 0 Å². The lowest BCUT2D eigenvalue weighted by atomic mass is 10.1. The lowest BCUT2D eigenvalue weighted by Gasteiger charge is -2.20. The Balaban J connectivity index is 1.79. The third kappa shape index (κ3) is 1.62. The molecular formula is C13H19N3O. The van der Waals surface area contributed by atoms with Crippen molar-refractivity contribution in [3.8, 4) is 0 Å². The van der Waals surface area contributed by atoms with E-state index < -0.39 is 0 Å². The van der Waals surface area contributed by atoms with Crippen LogP contribution in [0.25, 0.3) is 0 Å². The van der Waals surface area contributed by atoms with Crippen molar-refractivity contribution in [2.24, 2.45) is 0 Å². The van der Waals surface area contributed by atoms with Crippen LogP contribution < -0.4 is 5.32 Å². The number of ether oxygens (including phenoxy) is 1. The van der Waals surface area contributed by atoms with Crippen LogP contribution in [0.4, 0.5) is 0 Å². The molecule has 0 radical (unpaired) electrons. The zero-order valence-corrected chi connectivity index (χ0v) is 10.1. The molecule has 1 aliphatic carbocycles. The average Bonchev–Trinajstić information content (AvgIpc) is 2.92. The number of fused-ring (bicyclic) bond motifs is 1. The first-order valence-corrected chi connectivity index (χ1v) is 6.82. The van der Waals surface area contributed by atoms with E-state index in [2.05, 4.69) is 9.88 Å². The molecule has 1 saturated heterocycles. The van der Waals surface area contributed by atoms with E-state index in [9.17, 15) is 0 Å². The summed E-state index contributed by atoms with van der Waals surface area (Å²) in [6.07, 6.45) is 4.95. The van der Waals surface area contributed by atoms with Crippen molar-refractivity contribution in [2.45, 2.75) is 44.2 Å². The van der Waals surface area contributed by atoms with Crippen molar-refractivity contribution in [2.75, 3.05) is 19.8 Å². The van der Waals surface area contributed by atoms with Crippen molar-refractivity contribution in [3.05, 3.63) is 17.2 Å². The molecule has 0 bridgehead atoms. The Morgan fingerprint density at radius 1 is 1.29 bits per heavy atom. The van der Waals surface area contributed by atoms with Crippen molar-refractivity contribution >= 4 is 0 Å². The van der Waals surface area contributed by atoms with Crippen LogP contribution in [0.3, 0.4) is 0 Å². The van der Waals surface area contributed by atoms with E-state index in [4.69, 9.17) is 9.72 Å². The predicted molar refractivity (Wildman–Crippen MR) is 64.1 cm³/mol. The van der Waals surface area contributed by atoms with Crippen LogP contribution in [0, 0.1) is 0 Å². The van der Waals surface area contributed by atoms with Gasteiger partial charge in [-0.25, -0.2) is 4.98 Å². The van der Waals surface area contributed by atoms with Crippen molar-refractivity contribution < 1.29 is 4.74 Å². The standard InChI is InChI=1S/C13H19N3O/c1-2-9(1)13-15-11-7-14-5-3-12(11)16(13)10-4-6-17-8-10/h9-10,14H,1-8H2. The molecule has 1 saturated carbocycles. The van der Waals surface area contributed by atoms with Crippen LogP contribution in [0.1, 0.15) is 48.4 Å². The number of aromatic nitrogens is 2. The summed E-state index contributed by atoms with van der Waals surface area (Å²) in [5, 5.41) is 3.42. The molecule has 4 heteroatoms. The van der Waals surface area contributed by atoms with Gasteiger partial charge in [-0.3, -0.25) is 0 Å². The van der Waals surface area contributed by atoms with E-state index in [0.29, 0.717) is 6.04 Å². The molecule has 92 valence electrons. The normalized spacial score (nSPS) is 28.4. The molecule has 1 unspecified atom stereocenters. The van der Waals surface area contributed by atoms with Gasteiger partial charge in [0.25, 0.3) is 0 Å². The maximum Gasteiger partial charge on any atom is 0.112 e. The number of nitrogens with zero attached hydrogens (tertiary/aromatic N) is 2. The van der Waals surface area contributed by atoms with Gasteiger partial charge < -0.3 is 14.6 Å². The van der Waals surface area contributed by atoms with E-state index >= 15 is 0 Å². The van der Waals surface area contributed by atoms with Crippen LogP contribution in [0.15, 0.2) is 0 Å². The van der Waals surface area contributed by atoms with Crippen molar-refractivity contribution in [1.29, 1.82) is 0 Å². The minimum Gasteiger partial charge on any atom is -0.379 e. The first kappa shape index (κ1) is 10.1. The summed E-state index contributed by atoms with van der Waals surface area (Å²) >= 11 is 0. The topological polar surface area (TPSA) is 39.1 Å². The zero-order valence-electron chi connectivity index (χ0n) is 10.1. The summed E-state index contributed by atoms with van der Waals surface area (Å²) in [5.74, 6) is 2.09. The number of rotatable bonds is 2. The summed E-state index contributed by atoms with van der Waals surface area (Å²) < 4.78 is 8.11. The number of imidazole rings is 1. The maximum absolute atomic E-state index is 5.56. The largest absolute Gasteiger partial charge is 0.379 e. The summed E-state index contributed by atoms with van der Waals surface area (Å²) in [7, 11) is 0. The molecule has 4 nitrogen and oxygen atoms in total. The Morgan fingerprint density at radius 3 is 3.00 bits per heavy atom. The number of hydrogen-bond donors (Lipinski definition) is 1. The molecule has 1 aromatic heterocycles. The van der Waals surface area contributed by atoms with Crippen LogP contribution >= 0.6 is 0 Å². The molecule has 2 aliphatic heterocycles. The third-order valence-corrected chi connectivity index (χ3v) is 4.16. The molecule has 1 atom stereocenters. The van der Waals surface area contributed by atoms with E-state index in [0.717, 1.165) is 45.1 Å². The fraction of sp³-hybridized carbons (Fsp3) is 0.769. The highest BCUT2D eigenvalue weighted by Crippen LogP contribution is 2.42. The van der Waals surface area contributed by atoms with Crippen LogP contribution in [-0.2, 0) is 17.7 Å². The SMILES string of the molecule is C1Cc2c(nc(C3CC3)n2C2CCOC2)CN1. The minimum atomic E-state index is 0.556. The van der Waals surface area contributed by atoms with Gasteiger partial charge in [0.05, 0.1) is 18.3 Å². The Hall–Kier alpha value is -0.870. The molecule has 4 rings (SSSR count). The van der Waals surface area contributed by atoms with Gasteiger partial charge in [-0.1, -0.05) is 0 Å². The van der Waals surface area contributed by atoms with Gasteiger partial charge >= 0.3 is 0 Å². The average molecular weight is 233 g/mol. The number of nitrogens with one attached hydrogen (secondary N) is 1. The summed E-state index contributed by atoms with van der Waals surface area (Å²) in [6, 6.07) is 0.556. The van der Waals surface area contributed by atoms with E-state index in [1.807, 2.05) is 0 Å². The molecule has 3 aliphatic rings. The Bertz CT molecular complexity index is 430. The van der Waals surface area contributed by atoms with Gasteiger partial charge in [-0.2, -0.15) is 0 Å². The van der Waals surface area contributed by atoms with Gasteiger partial charge in [0.15, 0.2) is 0 Å². The molecular weight excluding hydrogens is 214 g/mol. The molecule has 1 N–H and O–H groups in total. The highest BCUT2D eigenvalue weighted by atomic mass is 16.5. The van der Waals surface area contributed by atoms with Gasteiger partial charge in [-0.05, 0) is 19.3 Å². The second-order valence-electron chi connectivity index (χ2n) is 5.45. The van der Waals surface area contributed by atoms with Crippen molar-refractivity contribution in [1.82, 2.24) is 14.9 Å².